The molecule has 1 aromatic heterocycles. The van der Waals surface area contributed by atoms with Crippen LogP contribution in [-0.4, -0.2) is 34.6 Å². The number of ether oxygens (including phenoxy) is 2. The molecule has 1 heterocycles. The van der Waals surface area contributed by atoms with E-state index in [4.69, 9.17) is 9.47 Å². The zero-order chi connectivity index (χ0) is 15.0. The summed E-state index contributed by atoms with van der Waals surface area (Å²) in [7, 11) is 1.83. The summed E-state index contributed by atoms with van der Waals surface area (Å²) >= 11 is 0. The number of aromatic nitrogens is 2. The van der Waals surface area contributed by atoms with Gasteiger partial charge in [-0.25, -0.2) is 4.79 Å². The highest BCUT2D eigenvalue weighted by Crippen LogP contribution is 2.56. The molecule has 0 N–H and O–H groups in total. The molecule has 0 aliphatic heterocycles. The van der Waals surface area contributed by atoms with Gasteiger partial charge in [0.2, 0.25) is 0 Å². The van der Waals surface area contributed by atoms with E-state index in [1.807, 2.05) is 20.9 Å². The van der Waals surface area contributed by atoms with Crippen LogP contribution < -0.4 is 0 Å². The maximum absolute atomic E-state index is 12.4. The quantitative estimate of drug-likeness (QED) is 0.801. The van der Waals surface area contributed by atoms with E-state index in [-0.39, 0.29) is 23.6 Å². The maximum atomic E-state index is 12.4. The average Bonchev–Trinajstić information content (AvgIpc) is 3.08. The summed E-state index contributed by atoms with van der Waals surface area (Å²) in [5.41, 5.74) is 1.49. The predicted octanol–water partition coefficient (Wildman–Crippen LogP) is 2.62. The van der Waals surface area contributed by atoms with Crippen LogP contribution in [0, 0.1) is 12.3 Å². The Hall–Kier alpha value is -1.36. The highest BCUT2D eigenvalue weighted by molar-refractivity contribution is 5.90. The second kappa shape index (κ2) is 5.44. The molecule has 21 heavy (non-hydrogen) atoms. The molecule has 5 heteroatoms. The van der Waals surface area contributed by atoms with Gasteiger partial charge in [0.25, 0.3) is 0 Å². The summed E-state index contributed by atoms with van der Waals surface area (Å²) in [5, 5.41) is 4.11. The van der Waals surface area contributed by atoms with Crippen molar-refractivity contribution in [1.29, 1.82) is 0 Å². The topological polar surface area (TPSA) is 53.4 Å². The third-order valence-corrected chi connectivity index (χ3v) is 5.32. The second-order valence-corrected chi connectivity index (χ2v) is 6.28. The van der Waals surface area contributed by atoms with E-state index in [0.717, 1.165) is 31.6 Å². The fourth-order valence-electron chi connectivity index (χ4n) is 3.88. The molecule has 1 spiro atoms. The largest absolute Gasteiger partial charge is 0.458 e. The Kier molecular flexibility index (Phi) is 3.78. The molecule has 2 aliphatic rings. The van der Waals surface area contributed by atoms with Crippen LogP contribution in [0.25, 0.3) is 0 Å². The minimum absolute atomic E-state index is 0.00339. The fraction of sp³-hybridized carbons (Fsp3) is 0.750. The van der Waals surface area contributed by atoms with Crippen LogP contribution in [0.1, 0.15) is 55.1 Å². The molecule has 116 valence electrons. The van der Waals surface area contributed by atoms with Crippen LogP contribution in [0.4, 0.5) is 0 Å². The normalized spacial score (nSPS) is 26.8. The maximum Gasteiger partial charge on any atom is 0.341 e. The summed E-state index contributed by atoms with van der Waals surface area (Å²) in [6, 6.07) is 0. The van der Waals surface area contributed by atoms with Gasteiger partial charge in [-0.2, -0.15) is 5.10 Å². The smallest absolute Gasteiger partial charge is 0.341 e. The van der Waals surface area contributed by atoms with E-state index in [1.165, 1.54) is 12.8 Å². The molecule has 0 bridgehead atoms. The van der Waals surface area contributed by atoms with Gasteiger partial charge in [-0.05, 0) is 26.7 Å². The lowest BCUT2D eigenvalue weighted by atomic mass is 9.62. The molecule has 1 aromatic rings. The first-order valence-corrected chi connectivity index (χ1v) is 7.89. The predicted molar refractivity (Wildman–Crippen MR) is 78.1 cm³/mol. The van der Waals surface area contributed by atoms with Crippen molar-refractivity contribution >= 4 is 5.97 Å². The molecule has 2 atom stereocenters. The Labute approximate surface area is 125 Å². The minimum Gasteiger partial charge on any atom is -0.458 e. The van der Waals surface area contributed by atoms with Crippen molar-refractivity contribution in [2.24, 2.45) is 12.5 Å². The van der Waals surface area contributed by atoms with Gasteiger partial charge in [0.05, 0.1) is 12.3 Å². The first-order chi connectivity index (χ1) is 10.1. The number of aryl methyl sites for hydroxylation is 1. The van der Waals surface area contributed by atoms with Gasteiger partial charge in [-0.1, -0.05) is 12.8 Å². The molecule has 2 saturated carbocycles. The molecule has 0 aromatic carbocycles. The monoisotopic (exact) mass is 292 g/mol. The molecule has 2 aliphatic carbocycles. The zero-order valence-corrected chi connectivity index (χ0v) is 13.1. The number of hydrogen-bond acceptors (Lipinski definition) is 4. The minimum atomic E-state index is -0.244. The molecule has 5 nitrogen and oxygen atoms in total. The summed E-state index contributed by atoms with van der Waals surface area (Å²) < 4.78 is 13.4. The number of nitrogens with zero attached hydrogens (tertiary/aromatic N) is 2. The van der Waals surface area contributed by atoms with Crippen LogP contribution in [0.5, 0.6) is 0 Å². The number of carbonyl (C=O) groups is 1. The van der Waals surface area contributed by atoms with Crippen molar-refractivity contribution in [1.82, 2.24) is 9.78 Å². The molecule has 0 unspecified atom stereocenters. The van der Waals surface area contributed by atoms with E-state index in [0.29, 0.717) is 5.56 Å². The average molecular weight is 292 g/mol. The summed E-state index contributed by atoms with van der Waals surface area (Å²) in [5.74, 6) is -0.244. The van der Waals surface area contributed by atoms with Gasteiger partial charge in [-0.15, -0.1) is 0 Å². The van der Waals surface area contributed by atoms with E-state index in [1.54, 1.807) is 10.9 Å². The van der Waals surface area contributed by atoms with Crippen LogP contribution in [0.15, 0.2) is 6.20 Å². The highest BCUT2D eigenvalue weighted by atomic mass is 16.6. The van der Waals surface area contributed by atoms with E-state index >= 15 is 0 Å². The van der Waals surface area contributed by atoms with Gasteiger partial charge in [0, 0.05) is 31.2 Å². The van der Waals surface area contributed by atoms with Crippen LogP contribution >= 0.6 is 0 Å². The van der Waals surface area contributed by atoms with E-state index in [9.17, 15) is 4.79 Å². The Balaban J connectivity index is 1.70. The van der Waals surface area contributed by atoms with Gasteiger partial charge in [-0.3, -0.25) is 4.68 Å². The Morgan fingerprint density at radius 2 is 2.14 bits per heavy atom. The van der Waals surface area contributed by atoms with Crippen molar-refractivity contribution < 1.29 is 14.3 Å². The fourth-order valence-corrected chi connectivity index (χ4v) is 3.88. The third kappa shape index (κ3) is 2.27. The van der Waals surface area contributed by atoms with Gasteiger partial charge < -0.3 is 9.47 Å². The van der Waals surface area contributed by atoms with Crippen molar-refractivity contribution in [2.45, 2.75) is 58.2 Å². The summed E-state index contributed by atoms with van der Waals surface area (Å²) in [4.78, 5) is 12.4. The number of rotatable bonds is 4. The molecule has 2 fully saturated rings. The van der Waals surface area contributed by atoms with Crippen molar-refractivity contribution in [3.05, 3.63) is 17.5 Å². The standard InChI is InChI=1S/C16H24N2O3/c1-4-20-13-9-14(16(13)7-5-6-8-16)21-15(19)12-10-17-18(3)11(12)2/h10,13-14H,4-9H2,1-3H3/t13-,14-/m1/s1. The van der Waals surface area contributed by atoms with E-state index < -0.39 is 0 Å². The number of hydrogen-bond donors (Lipinski definition) is 0. The number of esters is 1. The summed E-state index contributed by atoms with van der Waals surface area (Å²) in [6.45, 7) is 4.65. The van der Waals surface area contributed by atoms with E-state index in [2.05, 4.69) is 5.10 Å². The second-order valence-electron chi connectivity index (χ2n) is 6.28. The molecule has 0 saturated heterocycles. The van der Waals surface area contributed by atoms with Gasteiger partial charge in [0.1, 0.15) is 11.7 Å². The van der Waals surface area contributed by atoms with Crippen molar-refractivity contribution in [3.8, 4) is 0 Å². The SMILES string of the molecule is CCO[C@@H]1C[C@@H](OC(=O)c2cnn(C)c2C)C12CCCC2. The molecule has 0 amide bonds. The van der Waals surface area contributed by atoms with Crippen LogP contribution in [0.2, 0.25) is 0 Å². The van der Waals surface area contributed by atoms with Crippen LogP contribution in [-0.2, 0) is 16.5 Å². The van der Waals surface area contributed by atoms with Gasteiger partial charge >= 0.3 is 5.97 Å². The lowest BCUT2D eigenvalue weighted by Crippen LogP contribution is -2.58. The van der Waals surface area contributed by atoms with Crippen LogP contribution in [0.3, 0.4) is 0 Å². The Morgan fingerprint density at radius 1 is 1.43 bits per heavy atom. The van der Waals surface area contributed by atoms with Crippen molar-refractivity contribution in [3.63, 3.8) is 0 Å². The molecular weight excluding hydrogens is 268 g/mol. The number of carbonyl (C=O) groups excluding carboxylic acids is 1. The summed E-state index contributed by atoms with van der Waals surface area (Å²) in [6.07, 6.45) is 7.34. The van der Waals surface area contributed by atoms with Crippen molar-refractivity contribution in [2.75, 3.05) is 6.61 Å². The Bertz CT molecular complexity index is 532. The van der Waals surface area contributed by atoms with Gasteiger partial charge in [0.15, 0.2) is 0 Å². The molecular formula is C16H24N2O3. The lowest BCUT2D eigenvalue weighted by molar-refractivity contribution is -0.188. The zero-order valence-electron chi connectivity index (χ0n) is 13.1. The third-order valence-electron chi connectivity index (χ3n) is 5.32. The first kappa shape index (κ1) is 14.6. The first-order valence-electron chi connectivity index (χ1n) is 7.89. The molecule has 0 radical (unpaired) electrons. The highest BCUT2D eigenvalue weighted by Gasteiger charge is 2.58. The Morgan fingerprint density at radius 3 is 2.71 bits per heavy atom. The molecule has 3 rings (SSSR count). The lowest BCUT2D eigenvalue weighted by Gasteiger charge is -2.52.